The maximum absolute atomic E-state index is 15.1. The SMILES string of the molecule is CC[C@H](C)[C@@H]([C@@H](CC(=O)N1CCC[C@H]1[C@H](OC)[C@@H](C)C(=O)C[C@H](C)[C@@H](O)c1ccccc1)OC)N(C)C(=O)[C@@H](CC(=O)[C@H](C(C)C)N(C)C(=O)OCc1ccc(NC(=O)[C@H](CCCNC(N)=O)CC(=O)[C@@H](NC(=O)CC[C@H](CC(=O)CCCCCCC(=O)ON2C(=O)CCC2=O)C(=O)N2CCOCCOCCOCCOCCOCCOCCOCCOCCOCCOCCOCCOCCOCC2)C(C)C)cc1)C(C)C. The van der Waals surface area contributed by atoms with Crippen LogP contribution in [0.15, 0.2) is 54.6 Å². The van der Waals surface area contributed by atoms with E-state index >= 15 is 9.59 Å². The molecule has 3 fully saturated rings. The van der Waals surface area contributed by atoms with Crippen molar-refractivity contribution >= 4 is 88.3 Å². The number of anilines is 1. The quantitative estimate of drug-likeness (QED) is 0.0304. The van der Waals surface area contributed by atoms with Gasteiger partial charge in [-0.2, -0.15) is 0 Å². The third kappa shape index (κ3) is 50.5. The Morgan fingerprint density at radius 3 is 1.46 bits per heavy atom. The summed E-state index contributed by atoms with van der Waals surface area (Å²) in [7, 11) is 6.19. The zero-order valence-electron chi connectivity index (χ0n) is 90.4. The third-order valence-electron chi connectivity index (χ3n) is 26.6. The van der Waals surface area contributed by atoms with Gasteiger partial charge in [-0.15, -0.1) is 5.06 Å². The van der Waals surface area contributed by atoms with Crippen molar-refractivity contribution in [2.24, 2.45) is 59.0 Å². The van der Waals surface area contributed by atoms with Crippen molar-refractivity contribution in [3.8, 4) is 0 Å². The summed E-state index contributed by atoms with van der Waals surface area (Å²) in [4.78, 5) is 205. The van der Waals surface area contributed by atoms with E-state index in [1.807, 2.05) is 65.0 Å². The number of carbonyl (C=O) groups is 14. The van der Waals surface area contributed by atoms with E-state index in [1.165, 1.54) is 24.0 Å². The Morgan fingerprint density at radius 1 is 0.507 bits per heavy atom. The van der Waals surface area contributed by atoms with Crippen molar-refractivity contribution in [1.29, 1.82) is 0 Å². The number of ketones is 4. The predicted octanol–water partition coefficient (Wildman–Crippen LogP) is 9.22. The number of amides is 10. The van der Waals surface area contributed by atoms with Crippen LogP contribution in [0.5, 0.6) is 0 Å². The summed E-state index contributed by atoms with van der Waals surface area (Å²) in [5.41, 5.74) is 6.94. The lowest BCUT2D eigenvalue weighted by atomic mass is 9.83. The smallest absolute Gasteiger partial charge is 0.410 e. The van der Waals surface area contributed by atoms with Gasteiger partial charge in [-0.1, -0.05) is 131 Å². The van der Waals surface area contributed by atoms with Crippen molar-refractivity contribution in [2.75, 3.05) is 232 Å². The van der Waals surface area contributed by atoms with Gasteiger partial charge < -0.3 is 127 Å². The van der Waals surface area contributed by atoms with Crippen LogP contribution in [0.2, 0.25) is 0 Å². The number of nitrogens with one attached hydrogen (secondary N) is 3. The standard InChI is InChI=1S/C107H175N9O32/c1-15-78(8)100(92(132-13)73-96(124)115-40-24-29-88(115)102(133-14)80(10)89(118)69-79(9)101(126)82-25-19-18-20-26-82)112(11)105(129)87(75(2)3)72-91(120)99(77(6)7)113(12)107(131)147-74-81-31-34-85(35-32-81)110-103(127)83(27-23-39-109-106(108)130)71-90(119)98(76(4)5)111-93(121)36-33-84(70-86(117)28-21-16-17-22-30-97(125)148-116-94(122)37-38-95(116)123)104(128)114-41-43-134-45-47-136-49-51-138-53-55-140-57-59-142-61-63-144-65-67-146-68-66-145-64-62-143-60-58-141-56-54-139-52-50-137-48-46-135-44-42-114/h18-20,25-26,31-32,34-35,75-80,83-84,87-88,92,98-102,126H,15-17,21-24,27-30,33,36-74H2,1-14H3,(H,110,127)(H,111,121)(H3,108,109,130)/t78-,79-,80-,83+,84+,87-,88-,92+,98-,99-,100-,101+,102+/m0/s1. The topological polar surface area (TPSA) is 494 Å². The molecule has 3 saturated heterocycles. The maximum Gasteiger partial charge on any atom is 0.410 e. The molecule has 41 nitrogen and oxygen atoms in total. The number of unbranched alkanes of at least 4 members (excludes halogenated alkanes) is 3. The number of methoxy groups -OCH3 is 2. The molecule has 0 unspecified atom stereocenters. The normalized spacial score (nSPS) is 19.3. The lowest BCUT2D eigenvalue weighted by molar-refractivity contribution is -0.197. The highest BCUT2D eigenvalue weighted by Crippen LogP contribution is 2.35. The lowest BCUT2D eigenvalue weighted by Crippen LogP contribution is -2.54. The number of likely N-dealkylation sites (N-methyl/N-ethyl adjacent to an activating group) is 2. The van der Waals surface area contributed by atoms with Gasteiger partial charge in [0.2, 0.25) is 29.5 Å². The van der Waals surface area contributed by atoms with E-state index in [-0.39, 0.29) is 209 Å². The van der Waals surface area contributed by atoms with Gasteiger partial charge >= 0.3 is 18.1 Å². The minimum absolute atomic E-state index is 0.0438. The molecule has 41 heteroatoms. The van der Waals surface area contributed by atoms with Gasteiger partial charge in [0.05, 0.1) is 221 Å². The van der Waals surface area contributed by atoms with Crippen LogP contribution in [0.1, 0.15) is 215 Å². The van der Waals surface area contributed by atoms with E-state index in [0.717, 1.165) is 5.56 Å². The molecule has 0 spiro atoms. The number of imide groups is 1. The van der Waals surface area contributed by atoms with E-state index in [1.54, 1.807) is 82.8 Å². The number of likely N-dealkylation sites (tertiary alicyclic amines) is 1. The lowest BCUT2D eigenvalue weighted by Gasteiger charge is -2.41. The first-order valence-electron chi connectivity index (χ1n) is 53.1. The van der Waals surface area contributed by atoms with Crippen molar-refractivity contribution < 1.29 is 153 Å². The molecule has 3 heterocycles. The number of hydrogen-bond acceptors (Lipinski definition) is 32. The molecule has 0 aromatic heterocycles. The zero-order chi connectivity index (χ0) is 109. The van der Waals surface area contributed by atoms with Gasteiger partial charge in [0, 0.05) is 142 Å². The molecule has 840 valence electrons. The van der Waals surface area contributed by atoms with E-state index in [0.29, 0.717) is 187 Å². The second kappa shape index (κ2) is 75.7. The first kappa shape index (κ1) is 129. The van der Waals surface area contributed by atoms with Crippen LogP contribution in [-0.2, 0) is 145 Å². The van der Waals surface area contributed by atoms with Gasteiger partial charge in [0.1, 0.15) is 18.2 Å². The summed E-state index contributed by atoms with van der Waals surface area (Å²) in [5, 5.41) is 19.9. The van der Waals surface area contributed by atoms with Crippen molar-refractivity contribution in [3.63, 3.8) is 0 Å². The number of ether oxygens (including phenoxy) is 16. The van der Waals surface area contributed by atoms with Crippen LogP contribution in [-0.4, -0.2) is 375 Å². The molecule has 2 aromatic rings. The van der Waals surface area contributed by atoms with Crippen LogP contribution < -0.4 is 21.7 Å². The maximum atomic E-state index is 15.1. The minimum atomic E-state index is -1.14. The molecule has 3 aliphatic heterocycles. The number of hydroxylamine groups is 2. The van der Waals surface area contributed by atoms with Gasteiger partial charge in [-0.05, 0) is 97.8 Å². The largest absolute Gasteiger partial charge is 0.445 e. The second-order valence-corrected chi connectivity index (χ2v) is 39.0. The van der Waals surface area contributed by atoms with Crippen LogP contribution in [0.4, 0.5) is 15.3 Å². The van der Waals surface area contributed by atoms with Crippen molar-refractivity contribution in [1.82, 2.24) is 35.3 Å². The number of nitrogens with two attached hydrogens (primary N) is 1. The van der Waals surface area contributed by atoms with Crippen molar-refractivity contribution in [2.45, 2.75) is 247 Å². The Morgan fingerprint density at radius 2 is 1.00 bits per heavy atom. The molecule has 10 amide bonds. The predicted molar refractivity (Wildman–Crippen MR) is 547 cm³/mol. The van der Waals surface area contributed by atoms with Crippen LogP contribution >= 0.6 is 0 Å². The summed E-state index contributed by atoms with van der Waals surface area (Å²) in [6.45, 7) is 27.0. The number of urea groups is 1. The summed E-state index contributed by atoms with van der Waals surface area (Å²) < 4.78 is 91.8. The monoisotopic (exact) mass is 2100 g/mol. The molecular formula is C107H175N9O32. The molecule has 13 atom stereocenters. The van der Waals surface area contributed by atoms with Gasteiger partial charge in [0.25, 0.3) is 11.8 Å². The van der Waals surface area contributed by atoms with Crippen LogP contribution in [0.25, 0.3) is 0 Å². The molecule has 0 aliphatic carbocycles. The van der Waals surface area contributed by atoms with Crippen LogP contribution in [0, 0.1) is 53.3 Å². The fourth-order valence-electron chi connectivity index (χ4n) is 18.0. The molecule has 0 radical (unpaired) electrons. The summed E-state index contributed by atoms with van der Waals surface area (Å²) in [6.07, 6.45) is -0.480. The van der Waals surface area contributed by atoms with Gasteiger partial charge in [-0.25, -0.2) is 14.4 Å². The Bertz CT molecular complexity index is 4120. The molecule has 6 N–H and O–H groups in total. The number of aliphatic hydroxyl groups is 1. The minimum Gasteiger partial charge on any atom is -0.445 e. The number of Topliss-reactive ketones (excluding diaryl/α,β-unsaturated/α-hetero) is 4. The Kier molecular flexibility index (Phi) is 66.2. The first-order valence-corrected chi connectivity index (χ1v) is 53.1. The Balaban J connectivity index is 1.23. The molecule has 0 bridgehead atoms. The molecule has 3 aliphatic rings. The molecule has 148 heavy (non-hydrogen) atoms. The van der Waals surface area contributed by atoms with Gasteiger partial charge in [0.15, 0.2) is 11.6 Å². The fraction of sp³-hybridized carbons (Fsp3) is 0.757. The number of rotatable bonds is 49. The van der Waals surface area contributed by atoms with E-state index < -0.39 is 131 Å². The highest BCUT2D eigenvalue weighted by molar-refractivity contribution is 6.02. The first-order chi connectivity index (χ1) is 71.1. The Hall–Kier alpha value is -9.02. The molecule has 2 aromatic carbocycles. The third-order valence-corrected chi connectivity index (χ3v) is 26.6. The van der Waals surface area contributed by atoms with Crippen LogP contribution in [0.3, 0.4) is 0 Å². The highest BCUT2D eigenvalue weighted by Gasteiger charge is 2.45. The molecular weight excluding hydrogens is 1920 g/mol. The number of benzene rings is 2. The second-order valence-electron chi connectivity index (χ2n) is 39.0. The summed E-state index contributed by atoms with van der Waals surface area (Å²) >= 11 is 0. The van der Waals surface area contributed by atoms with E-state index in [2.05, 4.69) is 16.0 Å². The average molecular weight is 2100 g/mol. The zero-order valence-corrected chi connectivity index (χ0v) is 90.4. The summed E-state index contributed by atoms with van der Waals surface area (Å²) in [5.74, 6) is -10.7. The number of primary amides is 1. The number of carbonyl (C=O) groups excluding carboxylic acids is 14. The van der Waals surface area contributed by atoms with E-state index in [4.69, 9.17) is 86.4 Å². The summed E-state index contributed by atoms with van der Waals surface area (Å²) in [6, 6.07) is 11.6. The van der Waals surface area contributed by atoms with Crippen molar-refractivity contribution in [3.05, 3.63) is 65.7 Å². The molecule has 5 rings (SSSR count). The highest BCUT2D eigenvalue weighted by atomic mass is 16.7. The number of aliphatic hydroxyl groups excluding tert-OH is 1. The van der Waals surface area contributed by atoms with E-state index in [9.17, 15) is 62.6 Å². The van der Waals surface area contributed by atoms with Gasteiger partial charge in [-0.3, -0.25) is 52.7 Å². The Labute approximate surface area is 875 Å². The fourth-order valence-corrected chi connectivity index (χ4v) is 18.0. The average Bonchev–Trinajstić information content (AvgIpc) is 1.40. The molecule has 0 saturated carbocycles. The number of hydrogen-bond donors (Lipinski definition) is 5. The number of nitrogens with zero attached hydrogens (tertiary/aromatic N) is 5.